The van der Waals surface area contributed by atoms with E-state index in [1.165, 1.54) is 29.8 Å². The fourth-order valence-electron chi connectivity index (χ4n) is 3.64. The Labute approximate surface area is 140 Å². The first kappa shape index (κ1) is 15.4. The van der Waals surface area contributed by atoms with E-state index in [0.29, 0.717) is 12.5 Å². The summed E-state index contributed by atoms with van der Waals surface area (Å²) in [6.07, 6.45) is 1.70. The molecule has 0 radical (unpaired) electrons. The molecule has 0 aromatic heterocycles. The highest BCUT2D eigenvalue weighted by Gasteiger charge is 2.44. The van der Waals surface area contributed by atoms with E-state index in [4.69, 9.17) is 5.11 Å². The van der Waals surface area contributed by atoms with Crippen LogP contribution < -0.4 is 0 Å². The minimum absolute atomic E-state index is 0.0200. The normalized spacial score (nSPS) is 23.0. The lowest BCUT2D eigenvalue weighted by Crippen LogP contribution is -2.44. The van der Waals surface area contributed by atoms with Crippen molar-refractivity contribution < 1.29 is 18.3 Å². The molecule has 2 aromatic carbocycles. The Morgan fingerprint density at radius 1 is 1.04 bits per heavy atom. The van der Waals surface area contributed by atoms with Crippen LogP contribution in [0, 0.1) is 0 Å². The number of carboxylic acid groups (broad SMARTS) is 1. The molecular weight excluding hydrogens is 326 g/mol. The van der Waals surface area contributed by atoms with Gasteiger partial charge in [0.1, 0.15) is 0 Å². The van der Waals surface area contributed by atoms with Crippen LogP contribution in [0.15, 0.2) is 53.4 Å². The zero-order valence-corrected chi connectivity index (χ0v) is 13.7. The molecule has 24 heavy (non-hydrogen) atoms. The van der Waals surface area contributed by atoms with Crippen molar-refractivity contribution >= 4 is 16.0 Å². The highest BCUT2D eigenvalue weighted by atomic mass is 32.2. The molecule has 0 unspecified atom stereocenters. The van der Waals surface area contributed by atoms with E-state index < -0.39 is 16.0 Å². The SMILES string of the molecule is O=C(O)c1ccc(S(=O)(=O)N2Cc3ccccc3C3CC2C3)cc1. The van der Waals surface area contributed by atoms with E-state index in [9.17, 15) is 13.2 Å². The zero-order chi connectivity index (χ0) is 16.9. The number of hydrogen-bond donors (Lipinski definition) is 1. The van der Waals surface area contributed by atoms with Gasteiger partial charge in [-0.05, 0) is 54.2 Å². The van der Waals surface area contributed by atoms with Gasteiger partial charge in [0.05, 0.1) is 10.5 Å². The van der Waals surface area contributed by atoms with E-state index in [1.807, 2.05) is 18.2 Å². The monoisotopic (exact) mass is 343 g/mol. The Morgan fingerprint density at radius 2 is 1.71 bits per heavy atom. The van der Waals surface area contributed by atoms with Crippen molar-refractivity contribution in [2.45, 2.75) is 36.2 Å². The Morgan fingerprint density at radius 3 is 2.38 bits per heavy atom. The van der Waals surface area contributed by atoms with E-state index in [0.717, 1.165) is 18.4 Å². The predicted octanol–water partition coefficient (Wildman–Crippen LogP) is 2.84. The second-order valence-electron chi connectivity index (χ2n) is 6.40. The largest absolute Gasteiger partial charge is 0.478 e. The number of nitrogens with zero attached hydrogens (tertiary/aromatic N) is 1. The molecule has 1 saturated carbocycles. The van der Waals surface area contributed by atoms with E-state index in [2.05, 4.69) is 6.07 Å². The third-order valence-corrected chi connectivity index (χ3v) is 6.96. The second kappa shape index (κ2) is 5.43. The topological polar surface area (TPSA) is 74.7 Å². The van der Waals surface area contributed by atoms with Crippen molar-refractivity contribution in [3.63, 3.8) is 0 Å². The zero-order valence-electron chi connectivity index (χ0n) is 12.9. The first-order chi connectivity index (χ1) is 11.5. The minimum Gasteiger partial charge on any atom is -0.478 e. The average molecular weight is 343 g/mol. The summed E-state index contributed by atoms with van der Waals surface area (Å²) in [4.78, 5) is 11.1. The van der Waals surface area contributed by atoms with Crippen molar-refractivity contribution in [2.24, 2.45) is 0 Å². The molecule has 2 heterocycles. The van der Waals surface area contributed by atoms with Crippen molar-refractivity contribution in [1.29, 1.82) is 0 Å². The second-order valence-corrected chi connectivity index (χ2v) is 8.29. The van der Waals surface area contributed by atoms with E-state index >= 15 is 0 Å². The Hall–Kier alpha value is -2.18. The van der Waals surface area contributed by atoms with Crippen LogP contribution in [0.1, 0.15) is 40.2 Å². The summed E-state index contributed by atoms with van der Waals surface area (Å²) >= 11 is 0. The molecule has 5 rings (SSSR count). The Kier molecular flexibility index (Phi) is 3.47. The third-order valence-electron chi connectivity index (χ3n) is 5.05. The van der Waals surface area contributed by atoms with Crippen molar-refractivity contribution in [1.82, 2.24) is 4.31 Å². The first-order valence-corrected chi connectivity index (χ1v) is 9.34. The van der Waals surface area contributed by atoms with Gasteiger partial charge in [0, 0.05) is 12.6 Å². The van der Waals surface area contributed by atoms with Gasteiger partial charge in [-0.3, -0.25) is 0 Å². The van der Waals surface area contributed by atoms with Gasteiger partial charge in [-0.1, -0.05) is 24.3 Å². The first-order valence-electron chi connectivity index (χ1n) is 7.90. The molecule has 2 aliphatic heterocycles. The van der Waals surface area contributed by atoms with Gasteiger partial charge in [0.25, 0.3) is 0 Å². The van der Waals surface area contributed by atoms with Crippen LogP contribution in [0.2, 0.25) is 0 Å². The van der Waals surface area contributed by atoms with Gasteiger partial charge in [0.15, 0.2) is 0 Å². The lowest BCUT2D eigenvalue weighted by atomic mass is 9.76. The van der Waals surface area contributed by atoms with Crippen LogP contribution in [-0.4, -0.2) is 29.8 Å². The molecular formula is C18H17NO4S. The molecule has 3 aliphatic rings. The maximum atomic E-state index is 13.0. The lowest BCUT2D eigenvalue weighted by molar-refractivity contribution is 0.0696. The molecule has 2 aromatic rings. The molecule has 0 saturated heterocycles. The molecule has 1 N–H and O–H groups in total. The summed E-state index contributed by atoms with van der Waals surface area (Å²) in [5, 5.41) is 8.96. The fraction of sp³-hybridized carbons (Fsp3) is 0.278. The van der Waals surface area contributed by atoms with Gasteiger partial charge in [0.2, 0.25) is 10.0 Å². The van der Waals surface area contributed by atoms with Gasteiger partial charge in [-0.25, -0.2) is 13.2 Å². The number of hydrogen-bond acceptors (Lipinski definition) is 3. The van der Waals surface area contributed by atoms with Crippen LogP contribution in [-0.2, 0) is 16.6 Å². The Bertz CT molecular complexity index is 899. The molecule has 6 heteroatoms. The van der Waals surface area contributed by atoms with Crippen LogP contribution in [0.5, 0.6) is 0 Å². The molecule has 1 fully saturated rings. The van der Waals surface area contributed by atoms with E-state index in [1.54, 1.807) is 4.31 Å². The number of rotatable bonds is 3. The van der Waals surface area contributed by atoms with Crippen LogP contribution in [0.25, 0.3) is 0 Å². The molecule has 0 spiro atoms. The summed E-state index contributed by atoms with van der Waals surface area (Å²) < 4.78 is 27.7. The summed E-state index contributed by atoms with van der Waals surface area (Å²) in [5.41, 5.74) is 2.40. The number of sulfonamides is 1. The molecule has 1 aliphatic carbocycles. The van der Waals surface area contributed by atoms with Gasteiger partial charge in [-0.2, -0.15) is 4.31 Å². The molecule has 5 nitrogen and oxygen atoms in total. The number of aromatic carboxylic acids is 1. The smallest absolute Gasteiger partial charge is 0.335 e. The molecule has 0 amide bonds. The predicted molar refractivity (Wildman–Crippen MR) is 88.3 cm³/mol. The number of benzene rings is 2. The van der Waals surface area contributed by atoms with Crippen LogP contribution in [0.3, 0.4) is 0 Å². The van der Waals surface area contributed by atoms with Gasteiger partial charge >= 0.3 is 5.97 Å². The maximum Gasteiger partial charge on any atom is 0.335 e. The molecule has 2 bridgehead atoms. The number of carboxylic acids is 1. The van der Waals surface area contributed by atoms with Crippen molar-refractivity contribution in [3.8, 4) is 0 Å². The van der Waals surface area contributed by atoms with E-state index in [-0.39, 0.29) is 16.5 Å². The molecule has 124 valence electrons. The standard InChI is InChI=1S/C18H17NO4S/c20-18(21)12-5-7-16(8-6-12)24(22,23)19-11-13-3-1-2-4-17(13)14-9-15(19)10-14/h1-8,14-15H,9-11H2,(H,20,21). The van der Waals surface area contributed by atoms with Crippen LogP contribution >= 0.6 is 0 Å². The average Bonchev–Trinajstić information content (AvgIpc) is 2.80. The third kappa shape index (κ3) is 2.34. The maximum absolute atomic E-state index is 13.0. The van der Waals surface area contributed by atoms with Gasteiger partial charge < -0.3 is 5.11 Å². The summed E-state index contributed by atoms with van der Waals surface area (Å²) in [7, 11) is -3.64. The molecule has 0 atom stereocenters. The highest BCUT2D eigenvalue weighted by molar-refractivity contribution is 7.89. The van der Waals surface area contributed by atoms with Crippen molar-refractivity contribution in [2.75, 3.05) is 0 Å². The summed E-state index contributed by atoms with van der Waals surface area (Å²) in [5.74, 6) is -0.620. The minimum atomic E-state index is -3.64. The van der Waals surface area contributed by atoms with Crippen molar-refractivity contribution in [3.05, 3.63) is 65.2 Å². The summed E-state index contributed by atoms with van der Waals surface area (Å²) in [6.45, 7) is 0.375. The highest BCUT2D eigenvalue weighted by Crippen LogP contribution is 2.46. The van der Waals surface area contributed by atoms with Crippen LogP contribution in [0.4, 0.5) is 0 Å². The quantitative estimate of drug-likeness (QED) is 0.930. The fourth-order valence-corrected chi connectivity index (χ4v) is 5.26. The van der Waals surface area contributed by atoms with Gasteiger partial charge in [-0.15, -0.1) is 0 Å². The summed E-state index contributed by atoms with van der Waals surface area (Å²) in [6, 6.07) is 13.5. The Balaban J connectivity index is 1.71. The lowest BCUT2D eigenvalue weighted by Gasteiger charge is -2.38. The number of fused-ring (bicyclic) bond motifs is 1. The number of carbonyl (C=O) groups is 1.